The summed E-state index contributed by atoms with van der Waals surface area (Å²) in [5, 5.41) is 16.7. The Morgan fingerprint density at radius 1 is 1.26 bits per heavy atom. The maximum absolute atomic E-state index is 13.4. The number of anilines is 1. The summed E-state index contributed by atoms with van der Waals surface area (Å²) >= 11 is 1.48. The summed E-state index contributed by atoms with van der Waals surface area (Å²) in [4.78, 5) is 7.76. The molecule has 0 bridgehead atoms. The highest BCUT2D eigenvalue weighted by Crippen LogP contribution is 2.39. The van der Waals surface area contributed by atoms with E-state index in [2.05, 4.69) is 52.1 Å². The molecule has 0 amide bonds. The van der Waals surface area contributed by atoms with E-state index in [1.165, 1.54) is 35.0 Å². The number of benzene rings is 1. The summed E-state index contributed by atoms with van der Waals surface area (Å²) in [5.74, 6) is 1.30. The van der Waals surface area contributed by atoms with Crippen molar-refractivity contribution in [3.63, 3.8) is 0 Å². The highest BCUT2D eigenvalue weighted by atomic mass is 32.2. The van der Waals surface area contributed by atoms with E-state index in [1.54, 1.807) is 12.1 Å². The molecule has 2 aliphatic heterocycles. The number of nitrogens with zero attached hydrogens (tertiary/aromatic N) is 4. The van der Waals surface area contributed by atoms with Crippen LogP contribution in [0.25, 0.3) is 11.3 Å². The predicted molar refractivity (Wildman–Crippen MR) is 136 cm³/mol. The molecule has 0 saturated carbocycles. The first-order valence-electron chi connectivity index (χ1n) is 11.8. The summed E-state index contributed by atoms with van der Waals surface area (Å²) < 4.78 is 15.7. The second kappa shape index (κ2) is 9.32. The molecule has 8 heteroatoms. The first-order valence-corrected chi connectivity index (χ1v) is 12.7. The Bertz CT molecular complexity index is 1280. The normalized spacial score (nSPS) is 18.9. The fourth-order valence-corrected chi connectivity index (χ4v) is 5.96. The molecule has 5 rings (SSSR count). The molecule has 3 aromatic rings. The minimum Gasteiger partial charge on any atom is -0.354 e. The van der Waals surface area contributed by atoms with E-state index in [0.717, 1.165) is 60.8 Å². The van der Waals surface area contributed by atoms with E-state index in [4.69, 9.17) is 4.98 Å². The van der Waals surface area contributed by atoms with Crippen LogP contribution in [0.3, 0.4) is 0 Å². The van der Waals surface area contributed by atoms with Crippen LogP contribution in [0.15, 0.2) is 41.4 Å². The third-order valence-corrected chi connectivity index (χ3v) is 7.95. The number of rotatable bonds is 5. The van der Waals surface area contributed by atoms with Gasteiger partial charge in [-0.2, -0.15) is 5.26 Å². The van der Waals surface area contributed by atoms with Gasteiger partial charge >= 0.3 is 0 Å². The van der Waals surface area contributed by atoms with Crippen LogP contribution >= 0.6 is 11.8 Å². The van der Waals surface area contributed by atoms with Gasteiger partial charge in [-0.3, -0.25) is 4.40 Å². The number of nitriles is 1. The SMILES string of the molecule is CCc1nc2c(C)cc(C3CCNCC3)cn2c1N(C)C1NC(c2ccc(F)cc2)=C(C#N)S1. The Hall–Kier alpha value is -3.02. The number of nitrogens with one attached hydrogen (secondary N) is 2. The van der Waals surface area contributed by atoms with Crippen molar-refractivity contribution >= 4 is 28.9 Å². The zero-order chi connectivity index (χ0) is 23.8. The highest BCUT2D eigenvalue weighted by molar-refractivity contribution is 8.04. The Labute approximate surface area is 203 Å². The molecular formula is C26H29FN6S. The smallest absolute Gasteiger partial charge is 0.154 e. The zero-order valence-electron chi connectivity index (χ0n) is 19.7. The van der Waals surface area contributed by atoms with Gasteiger partial charge in [-0.25, -0.2) is 9.37 Å². The Morgan fingerprint density at radius 3 is 2.68 bits per heavy atom. The van der Waals surface area contributed by atoms with Crippen molar-refractivity contribution in [3.05, 3.63) is 69.6 Å². The fourth-order valence-electron chi connectivity index (χ4n) is 4.95. The van der Waals surface area contributed by atoms with E-state index in [1.807, 2.05) is 7.05 Å². The lowest BCUT2D eigenvalue weighted by atomic mass is 9.91. The second-order valence-electron chi connectivity index (χ2n) is 8.96. The quantitative estimate of drug-likeness (QED) is 0.553. The fraction of sp³-hybridized carbons (Fsp3) is 0.385. The third-order valence-electron chi connectivity index (χ3n) is 6.76. The molecule has 0 aliphatic carbocycles. The summed E-state index contributed by atoms with van der Waals surface area (Å²) in [5.41, 5.74) is 5.91. The van der Waals surface area contributed by atoms with E-state index >= 15 is 0 Å². The number of thioether (sulfide) groups is 1. The van der Waals surface area contributed by atoms with Gasteiger partial charge in [-0.15, -0.1) is 0 Å². The second-order valence-corrected chi connectivity index (χ2v) is 10.0. The van der Waals surface area contributed by atoms with Crippen LogP contribution in [0.4, 0.5) is 10.2 Å². The molecule has 6 nitrogen and oxygen atoms in total. The first-order chi connectivity index (χ1) is 16.5. The number of aromatic nitrogens is 2. The lowest BCUT2D eigenvalue weighted by molar-refractivity contribution is 0.459. The van der Waals surface area contributed by atoms with Gasteiger partial charge in [0.15, 0.2) is 5.50 Å². The topological polar surface area (TPSA) is 68.4 Å². The number of halogens is 1. The first kappa shape index (κ1) is 22.8. The van der Waals surface area contributed by atoms with Crippen molar-refractivity contribution in [2.24, 2.45) is 0 Å². The molecule has 4 heterocycles. The summed E-state index contributed by atoms with van der Waals surface area (Å²) in [6.07, 6.45) is 5.35. The Balaban J connectivity index is 1.51. The van der Waals surface area contributed by atoms with Crippen molar-refractivity contribution in [3.8, 4) is 6.07 Å². The monoisotopic (exact) mass is 476 g/mol. The van der Waals surface area contributed by atoms with Gasteiger partial charge in [-0.05, 0) is 86.1 Å². The van der Waals surface area contributed by atoms with Gasteiger partial charge in [-0.1, -0.05) is 24.8 Å². The van der Waals surface area contributed by atoms with Gasteiger partial charge in [0.05, 0.1) is 11.4 Å². The zero-order valence-corrected chi connectivity index (χ0v) is 20.5. The van der Waals surface area contributed by atoms with Gasteiger partial charge in [0, 0.05) is 13.2 Å². The van der Waals surface area contributed by atoms with Crippen molar-refractivity contribution in [2.45, 2.75) is 44.5 Å². The molecule has 2 N–H and O–H groups in total. The van der Waals surface area contributed by atoms with Crippen LogP contribution in [-0.2, 0) is 6.42 Å². The minimum absolute atomic E-state index is 0.178. The summed E-state index contributed by atoms with van der Waals surface area (Å²) in [6, 6.07) is 10.9. The number of hydrogen-bond donors (Lipinski definition) is 2. The van der Waals surface area contributed by atoms with E-state index < -0.39 is 0 Å². The number of imidazole rings is 1. The number of allylic oxidation sites excluding steroid dienone is 1. The number of fused-ring (bicyclic) bond motifs is 1. The predicted octanol–water partition coefficient (Wildman–Crippen LogP) is 4.76. The lowest BCUT2D eigenvalue weighted by Crippen LogP contribution is -2.38. The average Bonchev–Trinajstić information content (AvgIpc) is 3.46. The molecule has 2 aromatic heterocycles. The number of hydrogen-bond acceptors (Lipinski definition) is 6. The maximum atomic E-state index is 13.4. The summed E-state index contributed by atoms with van der Waals surface area (Å²) in [7, 11) is 2.04. The molecule has 0 radical (unpaired) electrons. The summed E-state index contributed by atoms with van der Waals surface area (Å²) in [6.45, 7) is 6.37. The van der Waals surface area contributed by atoms with E-state index in [0.29, 0.717) is 10.8 Å². The number of aryl methyl sites for hydroxylation is 2. The Kier molecular flexibility index (Phi) is 6.24. The average molecular weight is 477 g/mol. The van der Waals surface area contributed by atoms with E-state index in [9.17, 15) is 9.65 Å². The van der Waals surface area contributed by atoms with E-state index in [-0.39, 0.29) is 11.3 Å². The van der Waals surface area contributed by atoms with Crippen LogP contribution in [0.5, 0.6) is 0 Å². The molecule has 1 fully saturated rings. The Morgan fingerprint density at radius 2 is 2.00 bits per heavy atom. The molecule has 0 spiro atoms. The van der Waals surface area contributed by atoms with Crippen LogP contribution in [0.2, 0.25) is 0 Å². The van der Waals surface area contributed by atoms with Crippen molar-refractivity contribution in [1.82, 2.24) is 20.0 Å². The molecule has 1 aromatic carbocycles. The molecule has 1 atom stereocenters. The standard InChI is InChI=1S/C26H29FN6S/c1-4-21-25(33-15-19(13-16(2)24(33)30-21)17-9-11-29-12-10-17)32(3)26-31-23(22(14-28)34-26)18-5-7-20(27)8-6-18/h5-8,13,15,17,26,29,31H,4,9-12H2,1-3H3. The van der Waals surface area contributed by atoms with Gasteiger partial charge in [0.2, 0.25) is 0 Å². The molecule has 176 valence electrons. The molecule has 2 aliphatic rings. The van der Waals surface area contributed by atoms with Crippen LogP contribution in [0.1, 0.15) is 48.1 Å². The third kappa shape index (κ3) is 4.04. The van der Waals surface area contributed by atoms with Gasteiger partial charge in [0.1, 0.15) is 28.3 Å². The molecule has 1 saturated heterocycles. The largest absolute Gasteiger partial charge is 0.354 e. The number of pyridine rings is 1. The van der Waals surface area contributed by atoms with Crippen molar-refractivity contribution < 1.29 is 4.39 Å². The van der Waals surface area contributed by atoms with Crippen LogP contribution in [0, 0.1) is 24.1 Å². The molecule has 1 unspecified atom stereocenters. The molecular weight excluding hydrogens is 447 g/mol. The van der Waals surface area contributed by atoms with Gasteiger partial charge < -0.3 is 15.5 Å². The highest BCUT2D eigenvalue weighted by Gasteiger charge is 2.31. The van der Waals surface area contributed by atoms with Crippen LogP contribution < -0.4 is 15.5 Å². The van der Waals surface area contributed by atoms with Crippen molar-refractivity contribution in [2.75, 3.05) is 25.0 Å². The number of piperidine rings is 1. The minimum atomic E-state index is -0.291. The molecule has 34 heavy (non-hydrogen) atoms. The lowest BCUT2D eigenvalue weighted by Gasteiger charge is -2.28. The maximum Gasteiger partial charge on any atom is 0.154 e. The van der Waals surface area contributed by atoms with Crippen molar-refractivity contribution in [1.29, 1.82) is 5.26 Å². The van der Waals surface area contributed by atoms with Gasteiger partial charge in [0.25, 0.3) is 0 Å². The van der Waals surface area contributed by atoms with Crippen LogP contribution in [-0.4, -0.2) is 35.0 Å².